The van der Waals surface area contributed by atoms with E-state index in [4.69, 9.17) is 9.84 Å². The average Bonchev–Trinajstić information content (AvgIpc) is 2.46. The van der Waals surface area contributed by atoms with E-state index < -0.39 is 35.6 Å². The van der Waals surface area contributed by atoms with Gasteiger partial charge in [-0.05, 0) is 12.1 Å². The fraction of sp³-hybridized carbons (Fsp3) is 0.133. The maximum Gasteiger partial charge on any atom is 0.339 e. The first-order valence-electron chi connectivity index (χ1n) is 6.00. The van der Waals surface area contributed by atoms with Gasteiger partial charge in [-0.3, -0.25) is 0 Å². The molecule has 3 nitrogen and oxygen atoms in total. The number of hydrogen-bond donors (Lipinski definition) is 1. The van der Waals surface area contributed by atoms with Crippen LogP contribution < -0.4 is 4.74 Å². The Hall–Kier alpha value is -2.50. The molecule has 2 aromatic carbocycles. The third-order valence-corrected chi connectivity index (χ3v) is 2.79. The molecule has 0 aliphatic heterocycles. The molecule has 1 N–H and O–H groups in total. The highest BCUT2D eigenvalue weighted by molar-refractivity contribution is 5.90. The van der Waals surface area contributed by atoms with Crippen molar-refractivity contribution in [1.29, 1.82) is 0 Å². The van der Waals surface area contributed by atoms with Gasteiger partial charge >= 0.3 is 11.9 Å². The number of hydrogen-bond acceptors (Lipinski definition) is 2. The topological polar surface area (TPSA) is 46.5 Å². The number of ether oxygens (including phenoxy) is 1. The average molecular weight is 296 g/mol. The monoisotopic (exact) mass is 296 g/mol. The molecule has 0 aromatic heterocycles. The van der Waals surface area contributed by atoms with Crippen LogP contribution >= 0.6 is 0 Å². The van der Waals surface area contributed by atoms with Crippen molar-refractivity contribution >= 4 is 5.97 Å². The standard InChI is InChI=1S/C15H11F3O3/c16-12-8-4-7-11(14(19)20)13(12)21-9-15(17,18)10-5-2-1-3-6-10/h1-8H,9H2,(H,19,20). The molecule has 21 heavy (non-hydrogen) atoms. The Morgan fingerprint density at radius 2 is 1.76 bits per heavy atom. The van der Waals surface area contributed by atoms with Crippen molar-refractivity contribution < 1.29 is 27.8 Å². The maximum atomic E-state index is 13.9. The van der Waals surface area contributed by atoms with E-state index in [0.717, 1.165) is 12.1 Å². The summed E-state index contributed by atoms with van der Waals surface area (Å²) in [5.41, 5.74) is -0.794. The van der Waals surface area contributed by atoms with Gasteiger partial charge in [0.25, 0.3) is 0 Å². The Balaban J connectivity index is 2.22. The quantitative estimate of drug-likeness (QED) is 0.915. The molecular formula is C15H11F3O3. The van der Waals surface area contributed by atoms with Crippen LogP contribution in [-0.4, -0.2) is 17.7 Å². The molecule has 6 heteroatoms. The van der Waals surface area contributed by atoms with Crippen LogP contribution in [0.2, 0.25) is 0 Å². The summed E-state index contributed by atoms with van der Waals surface area (Å²) in [5, 5.41) is 8.90. The zero-order valence-electron chi connectivity index (χ0n) is 10.7. The molecule has 0 spiro atoms. The van der Waals surface area contributed by atoms with E-state index in [2.05, 4.69) is 0 Å². The van der Waals surface area contributed by atoms with E-state index in [-0.39, 0.29) is 5.56 Å². The molecule has 0 aliphatic carbocycles. The third-order valence-electron chi connectivity index (χ3n) is 2.79. The lowest BCUT2D eigenvalue weighted by atomic mass is 10.1. The van der Waals surface area contributed by atoms with E-state index in [1.807, 2.05) is 0 Å². The van der Waals surface area contributed by atoms with E-state index in [1.54, 1.807) is 6.07 Å². The van der Waals surface area contributed by atoms with Crippen molar-refractivity contribution in [3.05, 3.63) is 65.5 Å². The van der Waals surface area contributed by atoms with Crippen LogP contribution in [0.5, 0.6) is 5.75 Å². The van der Waals surface area contributed by atoms with Crippen LogP contribution in [0.1, 0.15) is 15.9 Å². The summed E-state index contributed by atoms with van der Waals surface area (Å²) in [5.74, 6) is -6.51. The maximum absolute atomic E-state index is 13.9. The molecule has 2 aromatic rings. The molecule has 0 radical (unpaired) electrons. The van der Waals surface area contributed by atoms with Gasteiger partial charge in [0.2, 0.25) is 0 Å². The predicted molar refractivity (Wildman–Crippen MR) is 69.2 cm³/mol. The van der Waals surface area contributed by atoms with Gasteiger partial charge in [-0.25, -0.2) is 9.18 Å². The molecule has 0 aliphatic rings. The Morgan fingerprint density at radius 3 is 2.38 bits per heavy atom. The Bertz CT molecular complexity index is 642. The summed E-state index contributed by atoms with van der Waals surface area (Å²) in [6.07, 6.45) is 0. The van der Waals surface area contributed by atoms with Gasteiger partial charge in [-0.2, -0.15) is 8.78 Å². The molecule has 0 atom stereocenters. The molecule has 0 amide bonds. The first-order chi connectivity index (χ1) is 9.92. The number of rotatable bonds is 5. The van der Waals surface area contributed by atoms with Crippen LogP contribution in [0.25, 0.3) is 0 Å². The number of carboxylic acids is 1. The Kier molecular flexibility index (Phi) is 4.16. The number of halogens is 3. The predicted octanol–water partition coefficient (Wildman–Crippen LogP) is 3.69. The number of carboxylic acid groups (broad SMARTS) is 1. The van der Waals surface area contributed by atoms with Crippen molar-refractivity contribution in [1.82, 2.24) is 0 Å². The lowest BCUT2D eigenvalue weighted by Crippen LogP contribution is -2.24. The zero-order valence-corrected chi connectivity index (χ0v) is 10.7. The van der Waals surface area contributed by atoms with Gasteiger partial charge in [0.05, 0.1) is 0 Å². The third kappa shape index (κ3) is 3.34. The smallest absolute Gasteiger partial charge is 0.339 e. The zero-order chi connectivity index (χ0) is 15.5. The van der Waals surface area contributed by atoms with Crippen LogP contribution in [0, 0.1) is 5.82 Å². The highest BCUT2D eigenvalue weighted by atomic mass is 19.3. The highest BCUT2D eigenvalue weighted by Crippen LogP contribution is 2.30. The van der Waals surface area contributed by atoms with Crippen molar-refractivity contribution in [2.75, 3.05) is 6.61 Å². The molecule has 0 saturated carbocycles. The number of carbonyl (C=O) groups is 1. The summed E-state index contributed by atoms with van der Waals surface area (Å²) < 4.78 is 46.1. The molecular weight excluding hydrogens is 285 g/mol. The van der Waals surface area contributed by atoms with Crippen LogP contribution in [0.4, 0.5) is 13.2 Å². The lowest BCUT2D eigenvalue weighted by molar-refractivity contribution is -0.0478. The number of aromatic carboxylic acids is 1. The van der Waals surface area contributed by atoms with Gasteiger partial charge in [-0.15, -0.1) is 0 Å². The van der Waals surface area contributed by atoms with Gasteiger partial charge in [0, 0.05) is 5.56 Å². The summed E-state index contributed by atoms with van der Waals surface area (Å²) in [4.78, 5) is 10.9. The largest absolute Gasteiger partial charge is 0.483 e. The second kappa shape index (κ2) is 5.87. The number of alkyl halides is 2. The van der Waals surface area contributed by atoms with E-state index in [0.29, 0.717) is 0 Å². The Morgan fingerprint density at radius 1 is 1.10 bits per heavy atom. The van der Waals surface area contributed by atoms with E-state index >= 15 is 0 Å². The fourth-order valence-electron chi connectivity index (χ4n) is 1.75. The first-order valence-corrected chi connectivity index (χ1v) is 6.00. The summed E-state index contributed by atoms with van der Waals surface area (Å²) in [6, 6.07) is 10.1. The van der Waals surface area contributed by atoms with Gasteiger partial charge in [0.15, 0.2) is 18.2 Å². The van der Waals surface area contributed by atoms with Gasteiger partial charge < -0.3 is 9.84 Å². The molecule has 2 rings (SSSR count). The molecule has 0 heterocycles. The fourth-order valence-corrected chi connectivity index (χ4v) is 1.75. The van der Waals surface area contributed by atoms with Crippen molar-refractivity contribution in [3.63, 3.8) is 0 Å². The van der Waals surface area contributed by atoms with Crippen LogP contribution in [-0.2, 0) is 5.92 Å². The molecule has 110 valence electrons. The SMILES string of the molecule is O=C(O)c1cccc(F)c1OCC(F)(F)c1ccccc1. The minimum Gasteiger partial charge on any atom is -0.483 e. The number of benzene rings is 2. The van der Waals surface area contributed by atoms with Crippen LogP contribution in [0.15, 0.2) is 48.5 Å². The first kappa shape index (κ1) is 14.9. The Labute approximate surface area is 118 Å². The minimum atomic E-state index is -3.36. The molecule has 0 fully saturated rings. The van der Waals surface area contributed by atoms with E-state index in [9.17, 15) is 18.0 Å². The molecule has 0 bridgehead atoms. The lowest BCUT2D eigenvalue weighted by Gasteiger charge is -2.18. The molecule has 0 saturated heterocycles. The van der Waals surface area contributed by atoms with Gasteiger partial charge in [0.1, 0.15) is 5.56 Å². The van der Waals surface area contributed by atoms with Crippen molar-refractivity contribution in [2.24, 2.45) is 0 Å². The van der Waals surface area contributed by atoms with Crippen molar-refractivity contribution in [2.45, 2.75) is 5.92 Å². The van der Waals surface area contributed by atoms with E-state index in [1.165, 1.54) is 30.3 Å². The minimum absolute atomic E-state index is 0.293. The normalized spacial score (nSPS) is 11.2. The molecule has 0 unspecified atom stereocenters. The second-order valence-electron chi connectivity index (χ2n) is 4.28. The highest BCUT2D eigenvalue weighted by Gasteiger charge is 2.33. The van der Waals surface area contributed by atoms with Crippen molar-refractivity contribution in [3.8, 4) is 5.75 Å². The number of para-hydroxylation sites is 1. The summed E-state index contributed by atoms with van der Waals surface area (Å²) in [6.45, 7) is -1.15. The van der Waals surface area contributed by atoms with Crippen LogP contribution in [0.3, 0.4) is 0 Å². The summed E-state index contributed by atoms with van der Waals surface area (Å²) >= 11 is 0. The summed E-state index contributed by atoms with van der Waals surface area (Å²) in [7, 11) is 0. The second-order valence-corrected chi connectivity index (χ2v) is 4.28. The van der Waals surface area contributed by atoms with Gasteiger partial charge in [-0.1, -0.05) is 36.4 Å².